The molecule has 1 rings (SSSR count). The van der Waals surface area contributed by atoms with E-state index in [1.807, 2.05) is 0 Å². The number of carbonyl (C=O) groups is 3. The van der Waals surface area contributed by atoms with Gasteiger partial charge in [-0.3, -0.25) is 9.59 Å². The smallest absolute Gasteiger partial charge is 0.372 e. The van der Waals surface area contributed by atoms with Gasteiger partial charge in [0.1, 0.15) is 5.78 Å². The number of hydrogen-bond acceptors (Lipinski definition) is 3. The lowest BCUT2D eigenvalue weighted by atomic mass is 10.00. The van der Waals surface area contributed by atoms with Gasteiger partial charge in [-0.05, 0) is 12.8 Å². The van der Waals surface area contributed by atoms with Gasteiger partial charge in [0.2, 0.25) is 5.78 Å². The van der Waals surface area contributed by atoms with E-state index in [0.29, 0.717) is 12.8 Å². The highest BCUT2D eigenvalue weighted by Gasteiger charge is 2.38. The van der Waals surface area contributed by atoms with Crippen LogP contribution in [0.5, 0.6) is 0 Å². The highest BCUT2D eigenvalue weighted by molar-refractivity contribution is 6.37. The summed E-state index contributed by atoms with van der Waals surface area (Å²) in [6.07, 6.45) is 1.02. The van der Waals surface area contributed by atoms with Gasteiger partial charge < -0.3 is 5.11 Å². The Kier molecular flexibility index (Phi) is 2.26. The van der Waals surface area contributed by atoms with Crippen LogP contribution in [0.3, 0.4) is 0 Å². The molecular weight excluding hydrogens is 160 g/mol. The topological polar surface area (TPSA) is 71.4 Å². The van der Waals surface area contributed by atoms with Crippen molar-refractivity contribution in [3.8, 4) is 0 Å². The summed E-state index contributed by atoms with van der Waals surface area (Å²) >= 11 is 0. The lowest BCUT2D eigenvalue weighted by Gasteiger charge is -2.02. The Morgan fingerprint density at radius 1 is 1.42 bits per heavy atom. The number of carbonyl (C=O) groups excluding carboxylic acids is 2. The Labute approximate surface area is 69.6 Å². The molecule has 0 bridgehead atoms. The molecule has 0 aromatic rings. The molecule has 1 aliphatic carbocycles. The standard InChI is InChI=1S/C8H10O4/c1-4-2-3-5(6(4)9)7(10)8(11)12/h4-5H,2-3H2,1H3,(H,11,12). The Morgan fingerprint density at radius 3 is 2.33 bits per heavy atom. The third kappa shape index (κ3) is 1.37. The maximum absolute atomic E-state index is 11.2. The molecule has 12 heavy (non-hydrogen) atoms. The van der Waals surface area contributed by atoms with Crippen molar-refractivity contribution >= 4 is 17.5 Å². The second-order valence-electron chi connectivity index (χ2n) is 3.10. The molecule has 0 amide bonds. The normalized spacial score (nSPS) is 28.9. The van der Waals surface area contributed by atoms with Crippen molar-refractivity contribution < 1.29 is 19.5 Å². The first-order chi connectivity index (χ1) is 5.54. The highest BCUT2D eigenvalue weighted by Crippen LogP contribution is 2.27. The van der Waals surface area contributed by atoms with Crippen LogP contribution in [0.2, 0.25) is 0 Å². The summed E-state index contributed by atoms with van der Waals surface area (Å²) in [4.78, 5) is 32.3. The van der Waals surface area contributed by atoms with Crippen molar-refractivity contribution in [1.29, 1.82) is 0 Å². The van der Waals surface area contributed by atoms with Gasteiger partial charge in [-0.2, -0.15) is 0 Å². The summed E-state index contributed by atoms with van der Waals surface area (Å²) in [6.45, 7) is 1.72. The summed E-state index contributed by atoms with van der Waals surface area (Å²) in [6, 6.07) is 0. The highest BCUT2D eigenvalue weighted by atomic mass is 16.4. The zero-order valence-electron chi connectivity index (χ0n) is 6.74. The minimum absolute atomic E-state index is 0.154. The molecule has 0 aromatic heterocycles. The average molecular weight is 170 g/mol. The SMILES string of the molecule is CC1CCC(C(=O)C(=O)O)C1=O. The van der Waals surface area contributed by atoms with Gasteiger partial charge in [0, 0.05) is 5.92 Å². The van der Waals surface area contributed by atoms with E-state index in [-0.39, 0.29) is 11.7 Å². The first kappa shape index (κ1) is 8.90. The third-order valence-corrected chi connectivity index (χ3v) is 2.24. The summed E-state index contributed by atoms with van der Waals surface area (Å²) in [5, 5.41) is 8.34. The quantitative estimate of drug-likeness (QED) is 0.476. The molecule has 0 spiro atoms. The number of hydrogen-bond donors (Lipinski definition) is 1. The fourth-order valence-electron chi connectivity index (χ4n) is 1.45. The van der Waals surface area contributed by atoms with Crippen LogP contribution in [0.1, 0.15) is 19.8 Å². The molecule has 0 aliphatic heterocycles. The van der Waals surface area contributed by atoms with Gasteiger partial charge in [-0.15, -0.1) is 0 Å². The summed E-state index contributed by atoms with van der Waals surface area (Å²) in [5.74, 6) is -3.70. The molecule has 0 aromatic carbocycles. The van der Waals surface area contributed by atoms with Crippen LogP contribution in [0.4, 0.5) is 0 Å². The fourth-order valence-corrected chi connectivity index (χ4v) is 1.45. The number of carboxylic acids is 1. The Bertz CT molecular complexity index is 243. The van der Waals surface area contributed by atoms with E-state index in [9.17, 15) is 14.4 Å². The molecule has 66 valence electrons. The molecule has 1 aliphatic rings. The minimum Gasteiger partial charge on any atom is -0.475 e. The minimum atomic E-state index is -1.50. The maximum Gasteiger partial charge on any atom is 0.372 e. The second-order valence-corrected chi connectivity index (χ2v) is 3.10. The van der Waals surface area contributed by atoms with Crippen LogP contribution in [0.15, 0.2) is 0 Å². The van der Waals surface area contributed by atoms with Gasteiger partial charge in [0.15, 0.2) is 0 Å². The van der Waals surface area contributed by atoms with E-state index in [1.165, 1.54) is 0 Å². The van der Waals surface area contributed by atoms with Crippen LogP contribution in [-0.2, 0) is 14.4 Å². The molecule has 2 unspecified atom stereocenters. The van der Waals surface area contributed by atoms with E-state index in [4.69, 9.17) is 5.11 Å². The Hall–Kier alpha value is -1.19. The monoisotopic (exact) mass is 170 g/mol. The predicted octanol–water partition coefficient (Wildman–Crippen LogP) is 0.255. The number of Topliss-reactive ketones (excluding diaryl/α,β-unsaturated/α-hetero) is 2. The van der Waals surface area contributed by atoms with Crippen molar-refractivity contribution in [3.63, 3.8) is 0 Å². The van der Waals surface area contributed by atoms with E-state index in [1.54, 1.807) is 6.92 Å². The van der Waals surface area contributed by atoms with E-state index in [2.05, 4.69) is 0 Å². The maximum atomic E-state index is 11.2. The zero-order valence-corrected chi connectivity index (χ0v) is 6.74. The van der Waals surface area contributed by atoms with E-state index < -0.39 is 17.7 Å². The molecule has 4 nitrogen and oxygen atoms in total. The number of aliphatic carboxylic acids is 1. The van der Waals surface area contributed by atoms with Crippen molar-refractivity contribution in [1.82, 2.24) is 0 Å². The van der Waals surface area contributed by atoms with Crippen molar-refractivity contribution in [2.75, 3.05) is 0 Å². The Morgan fingerprint density at radius 2 is 2.00 bits per heavy atom. The third-order valence-electron chi connectivity index (χ3n) is 2.24. The largest absolute Gasteiger partial charge is 0.475 e. The summed E-state index contributed by atoms with van der Waals surface area (Å²) in [5.41, 5.74) is 0. The van der Waals surface area contributed by atoms with Crippen LogP contribution >= 0.6 is 0 Å². The van der Waals surface area contributed by atoms with E-state index >= 15 is 0 Å². The average Bonchev–Trinajstić information content (AvgIpc) is 2.32. The number of carboxylic acid groups (broad SMARTS) is 1. The molecule has 1 saturated carbocycles. The van der Waals surface area contributed by atoms with Crippen LogP contribution in [0, 0.1) is 11.8 Å². The molecule has 0 heterocycles. The summed E-state index contributed by atoms with van der Waals surface area (Å²) < 4.78 is 0. The first-order valence-electron chi connectivity index (χ1n) is 3.85. The van der Waals surface area contributed by atoms with E-state index in [0.717, 1.165) is 0 Å². The van der Waals surface area contributed by atoms with Gasteiger partial charge >= 0.3 is 5.97 Å². The lowest BCUT2D eigenvalue weighted by Crippen LogP contribution is -2.27. The summed E-state index contributed by atoms with van der Waals surface area (Å²) in [7, 11) is 0. The molecule has 0 radical (unpaired) electrons. The van der Waals surface area contributed by atoms with Gasteiger partial charge in [-0.1, -0.05) is 6.92 Å². The zero-order chi connectivity index (χ0) is 9.30. The van der Waals surface area contributed by atoms with Crippen molar-refractivity contribution in [2.45, 2.75) is 19.8 Å². The molecule has 2 atom stereocenters. The van der Waals surface area contributed by atoms with Crippen LogP contribution in [-0.4, -0.2) is 22.6 Å². The van der Waals surface area contributed by atoms with Crippen molar-refractivity contribution in [2.24, 2.45) is 11.8 Å². The first-order valence-corrected chi connectivity index (χ1v) is 3.85. The Balaban J connectivity index is 2.72. The lowest BCUT2D eigenvalue weighted by molar-refractivity contribution is -0.152. The van der Waals surface area contributed by atoms with Crippen LogP contribution in [0.25, 0.3) is 0 Å². The van der Waals surface area contributed by atoms with Crippen LogP contribution < -0.4 is 0 Å². The molecule has 4 heteroatoms. The van der Waals surface area contributed by atoms with Gasteiger partial charge in [0.05, 0.1) is 5.92 Å². The fraction of sp³-hybridized carbons (Fsp3) is 0.625. The van der Waals surface area contributed by atoms with Gasteiger partial charge in [0.25, 0.3) is 0 Å². The second kappa shape index (κ2) is 3.05. The molecule has 0 saturated heterocycles. The molecule has 1 fully saturated rings. The molecular formula is C8H10O4. The van der Waals surface area contributed by atoms with Crippen molar-refractivity contribution in [3.05, 3.63) is 0 Å². The van der Waals surface area contributed by atoms with Gasteiger partial charge in [-0.25, -0.2) is 4.79 Å². The number of ketones is 2. The predicted molar refractivity (Wildman–Crippen MR) is 39.5 cm³/mol. The number of rotatable bonds is 2. The molecule has 1 N–H and O–H groups in total.